The molecule has 16 nitrogen and oxygen atoms in total. The predicted octanol–water partition coefficient (Wildman–Crippen LogP) is 12.1. The Hall–Kier alpha value is -9.84. The number of carbonyl (C=O) groups is 8. The van der Waals surface area contributed by atoms with Crippen molar-refractivity contribution in [3.63, 3.8) is 0 Å². The maximum atomic E-state index is 13.9. The zero-order valence-electron chi connectivity index (χ0n) is 49.9. The van der Waals surface area contributed by atoms with Crippen molar-refractivity contribution in [3.8, 4) is 0 Å². The molecule has 8 aromatic rings. The molecule has 8 rings (SSSR count). The normalized spacial score (nSPS) is 13.4. The molecule has 89 heavy (non-hydrogen) atoms. The van der Waals surface area contributed by atoms with Gasteiger partial charge in [-0.25, -0.2) is 19.2 Å². The SMILES string of the molecule is CC(COCC(OCC(C)OC(=O)c1ccccc1C(=O)c1ccccc1)C(OCC(C)OC(=O)c1ccccc1C(=O)c1ccccc1)C(C)OCC(C)OC(=O)c1ccccc1C(=O)c1ccccc1)OC(=O)c1ccccc1C(=O)c1ccccc1. The van der Waals surface area contributed by atoms with E-state index in [0.717, 1.165) is 0 Å². The highest BCUT2D eigenvalue weighted by molar-refractivity contribution is 6.17. The van der Waals surface area contributed by atoms with Crippen molar-refractivity contribution in [2.75, 3.05) is 33.0 Å². The molecular weight excluding hydrogens is 1130 g/mol. The third kappa shape index (κ3) is 17.9. The van der Waals surface area contributed by atoms with Gasteiger partial charge in [-0.2, -0.15) is 0 Å². The molecule has 0 amide bonds. The van der Waals surface area contributed by atoms with Gasteiger partial charge in [0.05, 0.1) is 61.4 Å². The summed E-state index contributed by atoms with van der Waals surface area (Å²) in [5.74, 6) is -4.61. The van der Waals surface area contributed by atoms with Crippen LogP contribution in [0.4, 0.5) is 0 Å². The molecule has 0 radical (unpaired) electrons. The van der Waals surface area contributed by atoms with E-state index in [0.29, 0.717) is 22.3 Å². The quantitative estimate of drug-likeness (QED) is 0.0225. The van der Waals surface area contributed by atoms with Crippen molar-refractivity contribution >= 4 is 47.0 Å². The lowest BCUT2D eigenvalue weighted by Gasteiger charge is -2.33. The number of hydrogen-bond donors (Lipinski definition) is 0. The summed E-state index contributed by atoms with van der Waals surface area (Å²) in [6.45, 7) is 6.85. The van der Waals surface area contributed by atoms with Gasteiger partial charge in [0.2, 0.25) is 0 Å². The first-order valence-corrected chi connectivity index (χ1v) is 29.1. The summed E-state index contributed by atoms with van der Waals surface area (Å²) in [4.78, 5) is 110. The van der Waals surface area contributed by atoms with Crippen LogP contribution in [0.5, 0.6) is 0 Å². The average Bonchev–Trinajstić information content (AvgIpc) is 2.79. The fourth-order valence-corrected chi connectivity index (χ4v) is 9.56. The Morgan fingerprint density at radius 3 is 0.798 bits per heavy atom. The number of ether oxygens (including phenoxy) is 8. The second-order valence-electron chi connectivity index (χ2n) is 21.1. The van der Waals surface area contributed by atoms with E-state index in [9.17, 15) is 38.4 Å². The van der Waals surface area contributed by atoms with E-state index in [1.54, 1.807) is 229 Å². The summed E-state index contributed by atoms with van der Waals surface area (Å²) in [5.41, 5.74) is 2.26. The number of ketones is 4. The Kier molecular flexibility index (Phi) is 23.6. The first-order chi connectivity index (χ1) is 43.1. The topological polar surface area (TPSA) is 210 Å². The van der Waals surface area contributed by atoms with Crippen molar-refractivity contribution in [2.45, 2.75) is 77.3 Å². The van der Waals surface area contributed by atoms with Gasteiger partial charge in [0.1, 0.15) is 36.6 Å². The lowest BCUT2D eigenvalue weighted by molar-refractivity contribution is -0.172. The van der Waals surface area contributed by atoms with Gasteiger partial charge in [-0.05, 0) is 58.9 Å². The summed E-state index contributed by atoms with van der Waals surface area (Å²) < 4.78 is 49.4. The Morgan fingerprint density at radius 1 is 0.270 bits per heavy atom. The molecule has 0 aliphatic heterocycles. The first-order valence-electron chi connectivity index (χ1n) is 29.1. The standard InChI is InChI=1S/C73H68O16/c1-47(86-70(78)60-38-22-18-34-56(60)65(74)52-26-10-6-11-27-52)42-82-46-64(84-44-49(3)88-72(80)62-40-24-20-36-58(62)67(76)54-30-14-8-15-31-54)69(85-45-50(4)89-73(81)63-41-25-21-37-59(63)68(77)55-32-16-9-17-33-55)51(5)83-43-48(2)87-71(79)61-39-23-19-35-57(61)66(75)53-28-12-7-13-29-53/h6-41,47-51,64,69H,42-46H2,1-5H3. The molecule has 0 aliphatic rings. The molecule has 0 saturated carbocycles. The Morgan fingerprint density at radius 2 is 0.506 bits per heavy atom. The molecule has 0 spiro atoms. The van der Waals surface area contributed by atoms with E-state index >= 15 is 0 Å². The van der Waals surface area contributed by atoms with E-state index in [-0.39, 0.29) is 101 Å². The Labute approximate surface area is 516 Å². The van der Waals surface area contributed by atoms with E-state index in [1.165, 1.54) is 24.3 Å². The number of benzene rings is 8. The fraction of sp³-hybridized carbons (Fsp3) is 0.233. The molecule has 7 unspecified atom stereocenters. The lowest BCUT2D eigenvalue weighted by atomic mass is 9.98. The molecule has 0 fully saturated rings. The van der Waals surface area contributed by atoms with Crippen LogP contribution in [-0.2, 0) is 37.9 Å². The predicted molar refractivity (Wildman–Crippen MR) is 330 cm³/mol. The smallest absolute Gasteiger partial charge is 0.339 e. The molecule has 7 atom stereocenters. The van der Waals surface area contributed by atoms with Crippen LogP contribution in [0.2, 0.25) is 0 Å². The molecule has 0 saturated heterocycles. The van der Waals surface area contributed by atoms with Crippen LogP contribution < -0.4 is 0 Å². The van der Waals surface area contributed by atoms with Gasteiger partial charge in [0.25, 0.3) is 0 Å². The third-order valence-corrected chi connectivity index (χ3v) is 14.1. The molecular formula is C73H68O16. The lowest BCUT2D eigenvalue weighted by Crippen LogP contribution is -2.47. The van der Waals surface area contributed by atoms with Crippen LogP contribution in [0, 0.1) is 0 Å². The molecule has 0 heterocycles. The largest absolute Gasteiger partial charge is 0.457 e. The third-order valence-electron chi connectivity index (χ3n) is 14.1. The van der Waals surface area contributed by atoms with Crippen molar-refractivity contribution in [2.24, 2.45) is 0 Å². The van der Waals surface area contributed by atoms with Gasteiger partial charge in [0, 0.05) is 44.5 Å². The molecule has 0 aromatic heterocycles. The minimum atomic E-state index is -1.13. The highest BCUT2D eigenvalue weighted by Gasteiger charge is 2.34. The van der Waals surface area contributed by atoms with E-state index in [2.05, 4.69) is 0 Å². The fourth-order valence-electron chi connectivity index (χ4n) is 9.56. The van der Waals surface area contributed by atoms with Crippen LogP contribution in [0.3, 0.4) is 0 Å². The van der Waals surface area contributed by atoms with E-state index in [1.807, 2.05) is 0 Å². The van der Waals surface area contributed by atoms with Gasteiger partial charge < -0.3 is 37.9 Å². The van der Waals surface area contributed by atoms with Gasteiger partial charge in [-0.1, -0.05) is 194 Å². The van der Waals surface area contributed by atoms with Crippen LogP contribution in [0.25, 0.3) is 0 Å². The van der Waals surface area contributed by atoms with Crippen LogP contribution >= 0.6 is 0 Å². The van der Waals surface area contributed by atoms with Gasteiger partial charge >= 0.3 is 23.9 Å². The number of esters is 4. The Bertz CT molecular complexity index is 3720. The van der Waals surface area contributed by atoms with Gasteiger partial charge in [-0.3, -0.25) is 19.2 Å². The zero-order valence-corrected chi connectivity index (χ0v) is 49.9. The minimum Gasteiger partial charge on any atom is -0.457 e. The molecule has 8 aromatic carbocycles. The van der Waals surface area contributed by atoms with E-state index in [4.69, 9.17) is 37.9 Å². The van der Waals surface area contributed by atoms with Crippen molar-refractivity contribution in [1.29, 1.82) is 0 Å². The molecule has 0 N–H and O–H groups in total. The summed E-state index contributed by atoms with van der Waals surface area (Å²) in [5, 5.41) is 0. The first kappa shape index (κ1) is 65.1. The van der Waals surface area contributed by atoms with Crippen LogP contribution in [0.15, 0.2) is 218 Å². The molecule has 0 bridgehead atoms. The summed E-state index contributed by atoms with van der Waals surface area (Å²) in [6.07, 6.45) is -6.93. The molecule has 456 valence electrons. The Balaban J connectivity index is 1.03. The maximum Gasteiger partial charge on any atom is 0.339 e. The second-order valence-corrected chi connectivity index (χ2v) is 21.1. The molecule has 16 heteroatoms. The van der Waals surface area contributed by atoms with Gasteiger partial charge in [-0.15, -0.1) is 0 Å². The van der Waals surface area contributed by atoms with Gasteiger partial charge in [0.15, 0.2) is 23.1 Å². The number of hydrogen-bond acceptors (Lipinski definition) is 16. The average molecular weight is 1200 g/mol. The minimum absolute atomic E-state index is 0.0309. The summed E-state index contributed by atoms with van der Waals surface area (Å²) >= 11 is 0. The second kappa shape index (κ2) is 32.2. The van der Waals surface area contributed by atoms with Crippen molar-refractivity contribution in [3.05, 3.63) is 285 Å². The van der Waals surface area contributed by atoms with Crippen molar-refractivity contribution < 1.29 is 76.3 Å². The monoisotopic (exact) mass is 1200 g/mol. The maximum absolute atomic E-state index is 13.9. The van der Waals surface area contributed by atoms with Crippen LogP contribution in [0.1, 0.15) is 140 Å². The highest BCUT2D eigenvalue weighted by atomic mass is 16.6. The highest BCUT2D eigenvalue weighted by Crippen LogP contribution is 2.24. The number of carbonyl (C=O) groups excluding carboxylic acids is 8. The van der Waals surface area contributed by atoms with E-state index < -0.39 is 66.6 Å². The summed E-state index contributed by atoms with van der Waals surface area (Å²) in [7, 11) is 0. The number of rotatable bonds is 31. The molecule has 0 aliphatic carbocycles. The summed E-state index contributed by atoms with van der Waals surface area (Å²) in [6, 6.07) is 59.4. The van der Waals surface area contributed by atoms with Crippen molar-refractivity contribution in [1.82, 2.24) is 0 Å². The zero-order chi connectivity index (χ0) is 63.2. The van der Waals surface area contributed by atoms with Crippen LogP contribution in [-0.4, -0.2) is 123 Å².